The van der Waals surface area contributed by atoms with Crippen LogP contribution in [0.25, 0.3) is 0 Å². The first kappa shape index (κ1) is 24.5. The van der Waals surface area contributed by atoms with Gasteiger partial charge in [-0.1, -0.05) is 6.07 Å². The number of fused-ring (bicyclic) bond motifs is 1. The zero-order valence-electron chi connectivity index (χ0n) is 20.8. The standard InChI is InChI=1S/C28H33N3O4/c1-4-30(18-21-9-11-29-12-10-21)19-23-6-7-25-24(15-23)20-31(13-14-35-25)28(32)17-22-5-8-26(33-2)27(16-22)34-3/h5-12,15-16H,4,13-14,17-20H2,1-3H3/p+1. The highest BCUT2D eigenvalue weighted by Gasteiger charge is 2.21. The lowest BCUT2D eigenvalue weighted by Crippen LogP contribution is -3.09. The molecular weight excluding hydrogens is 442 g/mol. The van der Waals surface area contributed by atoms with Gasteiger partial charge in [-0.3, -0.25) is 9.78 Å². The number of nitrogens with one attached hydrogen (secondary N) is 1. The monoisotopic (exact) mass is 476 g/mol. The summed E-state index contributed by atoms with van der Waals surface area (Å²) in [5, 5.41) is 0. The second kappa shape index (κ2) is 11.7. The van der Waals surface area contributed by atoms with E-state index in [1.54, 1.807) is 14.2 Å². The van der Waals surface area contributed by atoms with E-state index in [4.69, 9.17) is 14.2 Å². The number of methoxy groups -OCH3 is 2. The quantitative estimate of drug-likeness (QED) is 0.515. The summed E-state index contributed by atoms with van der Waals surface area (Å²) in [5.74, 6) is 2.21. The van der Waals surface area contributed by atoms with Crippen LogP contribution >= 0.6 is 0 Å². The van der Waals surface area contributed by atoms with Crippen LogP contribution < -0.4 is 19.1 Å². The number of pyridine rings is 1. The SMILES string of the molecule is CC[NH+](Cc1ccncc1)Cc1ccc2c(c1)CN(C(=O)Cc1ccc(OC)c(OC)c1)CCO2. The van der Waals surface area contributed by atoms with Crippen molar-refractivity contribution in [2.24, 2.45) is 0 Å². The normalized spacial score (nSPS) is 13.9. The van der Waals surface area contributed by atoms with Crippen molar-refractivity contribution in [3.05, 3.63) is 83.2 Å². The number of ether oxygens (including phenoxy) is 3. The van der Waals surface area contributed by atoms with E-state index in [-0.39, 0.29) is 5.91 Å². The van der Waals surface area contributed by atoms with E-state index in [1.807, 2.05) is 41.6 Å². The minimum atomic E-state index is 0.0672. The van der Waals surface area contributed by atoms with E-state index in [0.29, 0.717) is 37.6 Å². The highest BCUT2D eigenvalue weighted by molar-refractivity contribution is 5.79. The van der Waals surface area contributed by atoms with Crippen LogP contribution in [0.5, 0.6) is 17.2 Å². The second-order valence-electron chi connectivity index (χ2n) is 8.78. The molecule has 0 spiro atoms. The molecule has 0 saturated heterocycles. The maximum absolute atomic E-state index is 13.2. The van der Waals surface area contributed by atoms with Crippen molar-refractivity contribution in [1.82, 2.24) is 9.88 Å². The van der Waals surface area contributed by atoms with Crippen LogP contribution in [0.2, 0.25) is 0 Å². The van der Waals surface area contributed by atoms with Gasteiger partial charge in [-0.15, -0.1) is 0 Å². The molecule has 0 radical (unpaired) electrons. The molecule has 1 aliphatic heterocycles. The molecule has 3 aromatic rings. The lowest BCUT2D eigenvalue weighted by atomic mass is 10.1. The Morgan fingerprint density at radius 1 is 0.971 bits per heavy atom. The summed E-state index contributed by atoms with van der Waals surface area (Å²) in [6.07, 6.45) is 3.99. The Labute approximate surface area is 207 Å². The van der Waals surface area contributed by atoms with E-state index >= 15 is 0 Å². The number of carbonyl (C=O) groups excluding carboxylic acids is 1. The molecule has 7 heteroatoms. The summed E-state index contributed by atoms with van der Waals surface area (Å²) < 4.78 is 16.7. The van der Waals surface area contributed by atoms with Crippen molar-refractivity contribution in [2.45, 2.75) is 33.0 Å². The molecule has 1 amide bonds. The molecule has 1 aliphatic rings. The molecule has 35 heavy (non-hydrogen) atoms. The number of benzene rings is 2. The largest absolute Gasteiger partial charge is 0.493 e. The van der Waals surface area contributed by atoms with Gasteiger partial charge in [0.1, 0.15) is 25.4 Å². The minimum absolute atomic E-state index is 0.0672. The summed E-state index contributed by atoms with van der Waals surface area (Å²) in [7, 11) is 3.20. The third-order valence-electron chi connectivity index (χ3n) is 6.42. The van der Waals surface area contributed by atoms with Crippen LogP contribution in [0, 0.1) is 0 Å². The average Bonchev–Trinajstić information content (AvgIpc) is 3.11. The van der Waals surface area contributed by atoms with Crippen molar-refractivity contribution in [2.75, 3.05) is 33.9 Å². The lowest BCUT2D eigenvalue weighted by Gasteiger charge is -2.21. The fraction of sp³-hybridized carbons (Fsp3) is 0.357. The van der Waals surface area contributed by atoms with E-state index in [9.17, 15) is 4.79 Å². The highest BCUT2D eigenvalue weighted by atomic mass is 16.5. The summed E-state index contributed by atoms with van der Waals surface area (Å²) in [6, 6.07) is 16.1. The Morgan fingerprint density at radius 2 is 1.71 bits per heavy atom. The molecule has 0 aliphatic carbocycles. The summed E-state index contributed by atoms with van der Waals surface area (Å²) in [4.78, 5) is 20.6. The molecule has 0 saturated carbocycles. The molecular formula is C28H34N3O4+. The summed E-state index contributed by atoms with van der Waals surface area (Å²) >= 11 is 0. The van der Waals surface area contributed by atoms with Crippen molar-refractivity contribution in [3.8, 4) is 17.2 Å². The maximum Gasteiger partial charge on any atom is 0.227 e. The van der Waals surface area contributed by atoms with Crippen molar-refractivity contribution < 1.29 is 23.9 Å². The summed E-state index contributed by atoms with van der Waals surface area (Å²) in [5.41, 5.74) is 4.47. The van der Waals surface area contributed by atoms with Crippen LogP contribution in [-0.4, -0.2) is 49.7 Å². The molecule has 0 fully saturated rings. The molecule has 184 valence electrons. The number of amides is 1. The van der Waals surface area contributed by atoms with Crippen molar-refractivity contribution >= 4 is 5.91 Å². The molecule has 2 heterocycles. The Hall–Kier alpha value is -3.58. The van der Waals surface area contributed by atoms with Gasteiger partial charge in [0.25, 0.3) is 0 Å². The predicted molar refractivity (Wildman–Crippen MR) is 134 cm³/mol. The van der Waals surface area contributed by atoms with Crippen LogP contribution in [-0.2, 0) is 30.8 Å². The zero-order valence-corrected chi connectivity index (χ0v) is 20.8. The van der Waals surface area contributed by atoms with Gasteiger partial charge in [-0.25, -0.2) is 0 Å². The molecule has 1 aromatic heterocycles. The Kier molecular flexibility index (Phi) is 8.21. The van der Waals surface area contributed by atoms with Crippen LogP contribution in [0.4, 0.5) is 0 Å². The van der Waals surface area contributed by atoms with Gasteiger partial charge < -0.3 is 24.0 Å². The van der Waals surface area contributed by atoms with Gasteiger partial charge in [0.15, 0.2) is 11.5 Å². The maximum atomic E-state index is 13.2. The van der Waals surface area contributed by atoms with Gasteiger partial charge in [-0.05, 0) is 55.0 Å². The lowest BCUT2D eigenvalue weighted by molar-refractivity contribution is -0.925. The molecule has 7 nitrogen and oxygen atoms in total. The number of hydrogen-bond donors (Lipinski definition) is 1. The van der Waals surface area contributed by atoms with Gasteiger partial charge in [0, 0.05) is 35.6 Å². The van der Waals surface area contributed by atoms with E-state index < -0.39 is 0 Å². The summed E-state index contributed by atoms with van der Waals surface area (Å²) in [6.45, 7) is 6.67. The smallest absolute Gasteiger partial charge is 0.227 e. The molecule has 0 bridgehead atoms. The first-order valence-electron chi connectivity index (χ1n) is 12.0. The first-order chi connectivity index (χ1) is 17.1. The zero-order chi connectivity index (χ0) is 24.6. The molecule has 4 rings (SSSR count). The van der Waals surface area contributed by atoms with Gasteiger partial charge in [0.05, 0.1) is 33.7 Å². The van der Waals surface area contributed by atoms with Crippen LogP contribution in [0.1, 0.15) is 29.2 Å². The van der Waals surface area contributed by atoms with Crippen molar-refractivity contribution in [3.63, 3.8) is 0 Å². The number of nitrogens with zero attached hydrogens (tertiary/aromatic N) is 2. The highest BCUT2D eigenvalue weighted by Crippen LogP contribution is 2.29. The number of rotatable bonds is 9. The number of quaternary nitrogens is 1. The average molecular weight is 477 g/mol. The molecule has 1 unspecified atom stereocenters. The van der Waals surface area contributed by atoms with Gasteiger partial charge in [-0.2, -0.15) is 0 Å². The van der Waals surface area contributed by atoms with Gasteiger partial charge in [0.2, 0.25) is 5.91 Å². The van der Waals surface area contributed by atoms with E-state index in [2.05, 4.69) is 36.2 Å². The number of aromatic nitrogens is 1. The van der Waals surface area contributed by atoms with Gasteiger partial charge >= 0.3 is 0 Å². The van der Waals surface area contributed by atoms with Crippen LogP contribution in [0.3, 0.4) is 0 Å². The van der Waals surface area contributed by atoms with Crippen LogP contribution in [0.15, 0.2) is 60.9 Å². The Balaban J connectivity index is 1.44. The minimum Gasteiger partial charge on any atom is -0.493 e. The molecule has 1 N–H and O–H groups in total. The van der Waals surface area contributed by atoms with Crippen molar-refractivity contribution in [1.29, 1.82) is 0 Å². The second-order valence-corrected chi connectivity index (χ2v) is 8.78. The number of hydrogen-bond acceptors (Lipinski definition) is 5. The number of carbonyl (C=O) groups is 1. The molecule has 1 atom stereocenters. The molecule has 2 aromatic carbocycles. The topological polar surface area (TPSA) is 65.3 Å². The fourth-order valence-corrected chi connectivity index (χ4v) is 4.44. The Morgan fingerprint density at radius 3 is 2.46 bits per heavy atom. The van der Waals surface area contributed by atoms with E-state index in [0.717, 1.165) is 36.5 Å². The van der Waals surface area contributed by atoms with E-state index in [1.165, 1.54) is 16.0 Å². The fourth-order valence-electron chi connectivity index (χ4n) is 4.44. The third-order valence-corrected chi connectivity index (χ3v) is 6.42. The first-order valence-corrected chi connectivity index (χ1v) is 12.0. The Bertz CT molecular complexity index is 1140. The predicted octanol–water partition coefficient (Wildman–Crippen LogP) is 2.67. The third kappa shape index (κ3) is 6.31.